The number of hydrogen-bond donors (Lipinski definition) is 0. The quantitative estimate of drug-likeness (QED) is 0.761. The van der Waals surface area contributed by atoms with Crippen molar-refractivity contribution in [1.29, 1.82) is 0 Å². The Morgan fingerprint density at radius 1 is 1.08 bits per heavy atom. The molecule has 0 fully saturated rings. The first-order chi connectivity index (χ1) is 4.43. The van der Waals surface area contributed by atoms with Gasteiger partial charge in [-0.15, -0.1) is 24.8 Å². The van der Waals surface area contributed by atoms with Crippen molar-refractivity contribution < 1.29 is 24.5 Å². The van der Waals surface area contributed by atoms with Crippen molar-refractivity contribution in [3.63, 3.8) is 0 Å². The van der Waals surface area contributed by atoms with Gasteiger partial charge in [-0.25, -0.2) is 0 Å². The van der Waals surface area contributed by atoms with Gasteiger partial charge in [0.2, 0.25) is 0 Å². The Bertz CT molecular complexity index is 170. The molecule has 0 unspecified atom stereocenters. The summed E-state index contributed by atoms with van der Waals surface area (Å²) in [6, 6.07) is 9.80. The zero-order valence-corrected chi connectivity index (χ0v) is 10.8. The van der Waals surface area contributed by atoms with Gasteiger partial charge in [0, 0.05) is 19.8 Å². The average molecular weight is 385 g/mol. The SMILES string of the molecule is CCOc1ccccc1.Cl.Cl.[Os]. The summed E-state index contributed by atoms with van der Waals surface area (Å²) >= 11 is 0. The molecule has 0 aromatic heterocycles. The molecule has 0 aliphatic carbocycles. The number of hydrogen-bond acceptors (Lipinski definition) is 1. The summed E-state index contributed by atoms with van der Waals surface area (Å²) in [5.41, 5.74) is 0. The van der Waals surface area contributed by atoms with E-state index in [2.05, 4.69) is 0 Å². The van der Waals surface area contributed by atoms with Crippen LogP contribution < -0.4 is 4.74 Å². The number of ether oxygens (including phenoxy) is 1. The molecular weight excluding hydrogens is 373 g/mol. The molecule has 0 amide bonds. The van der Waals surface area contributed by atoms with Gasteiger partial charge in [0.15, 0.2) is 0 Å². The Balaban J connectivity index is -0.000000270. The molecular formula is C8H12Cl2OOs. The maximum Gasteiger partial charge on any atom is 0.119 e. The van der Waals surface area contributed by atoms with Crippen molar-refractivity contribution in [2.75, 3.05) is 6.61 Å². The number of rotatable bonds is 2. The van der Waals surface area contributed by atoms with Gasteiger partial charge < -0.3 is 4.74 Å². The first-order valence-electron chi connectivity index (χ1n) is 3.11. The average Bonchev–Trinajstić information content (AvgIpc) is 1.91. The van der Waals surface area contributed by atoms with Crippen LogP contribution in [0.2, 0.25) is 0 Å². The van der Waals surface area contributed by atoms with Crippen molar-refractivity contribution in [2.24, 2.45) is 0 Å². The fourth-order valence-electron chi connectivity index (χ4n) is 0.683. The summed E-state index contributed by atoms with van der Waals surface area (Å²) in [4.78, 5) is 0. The maximum absolute atomic E-state index is 5.21. The zero-order valence-electron chi connectivity index (χ0n) is 6.67. The molecule has 0 heterocycles. The molecule has 0 atom stereocenters. The summed E-state index contributed by atoms with van der Waals surface area (Å²) in [6.07, 6.45) is 0. The maximum atomic E-state index is 5.21. The van der Waals surface area contributed by atoms with E-state index >= 15 is 0 Å². The fourth-order valence-corrected chi connectivity index (χ4v) is 0.683. The molecule has 0 saturated heterocycles. The van der Waals surface area contributed by atoms with Crippen molar-refractivity contribution >= 4 is 24.8 Å². The molecule has 0 radical (unpaired) electrons. The summed E-state index contributed by atoms with van der Waals surface area (Å²) < 4.78 is 5.21. The van der Waals surface area contributed by atoms with E-state index in [0.717, 1.165) is 12.4 Å². The van der Waals surface area contributed by atoms with Crippen LogP contribution in [0.15, 0.2) is 30.3 Å². The Morgan fingerprint density at radius 2 is 1.58 bits per heavy atom. The number of benzene rings is 1. The van der Waals surface area contributed by atoms with E-state index in [1.54, 1.807) is 0 Å². The summed E-state index contributed by atoms with van der Waals surface area (Å²) in [5, 5.41) is 0. The molecule has 0 N–H and O–H groups in total. The van der Waals surface area contributed by atoms with E-state index in [-0.39, 0.29) is 44.6 Å². The Kier molecular flexibility index (Phi) is 17.0. The molecule has 0 bridgehead atoms. The molecule has 0 saturated carbocycles. The number of halogens is 2. The minimum atomic E-state index is 0. The van der Waals surface area contributed by atoms with Crippen LogP contribution in [0.4, 0.5) is 0 Å². The largest absolute Gasteiger partial charge is 0.494 e. The van der Waals surface area contributed by atoms with Crippen molar-refractivity contribution in [2.45, 2.75) is 6.92 Å². The van der Waals surface area contributed by atoms with Crippen LogP contribution in [0.3, 0.4) is 0 Å². The van der Waals surface area contributed by atoms with Gasteiger partial charge in [0.25, 0.3) is 0 Å². The summed E-state index contributed by atoms with van der Waals surface area (Å²) in [7, 11) is 0. The smallest absolute Gasteiger partial charge is 0.119 e. The molecule has 0 aliphatic heterocycles. The van der Waals surface area contributed by atoms with E-state index in [1.807, 2.05) is 37.3 Å². The zero-order chi connectivity index (χ0) is 6.53. The van der Waals surface area contributed by atoms with Crippen LogP contribution in [-0.2, 0) is 19.8 Å². The van der Waals surface area contributed by atoms with Gasteiger partial charge in [-0.05, 0) is 19.1 Å². The van der Waals surface area contributed by atoms with E-state index in [4.69, 9.17) is 4.74 Å². The standard InChI is InChI=1S/C8H10O.2ClH.Os/c1-2-9-8-6-4-3-5-7-8;;;/h3-7H,2H2,1H3;2*1H;. The number of para-hydroxylation sites is 1. The van der Waals surface area contributed by atoms with Crippen molar-refractivity contribution in [3.8, 4) is 5.75 Å². The third-order valence-corrected chi connectivity index (χ3v) is 1.05. The monoisotopic (exact) mass is 386 g/mol. The van der Waals surface area contributed by atoms with Crippen molar-refractivity contribution in [1.82, 2.24) is 0 Å². The molecule has 0 aliphatic rings. The molecule has 72 valence electrons. The van der Waals surface area contributed by atoms with Crippen LogP contribution in [0, 0.1) is 0 Å². The van der Waals surface area contributed by atoms with Gasteiger partial charge in [-0.3, -0.25) is 0 Å². The second kappa shape index (κ2) is 11.2. The summed E-state index contributed by atoms with van der Waals surface area (Å²) in [5.74, 6) is 0.944. The molecule has 12 heavy (non-hydrogen) atoms. The second-order valence-electron chi connectivity index (χ2n) is 1.75. The normalized spacial score (nSPS) is 6.75. The van der Waals surface area contributed by atoms with Crippen LogP contribution >= 0.6 is 24.8 Å². The van der Waals surface area contributed by atoms with E-state index in [1.165, 1.54) is 0 Å². The minimum Gasteiger partial charge on any atom is -0.494 e. The minimum absolute atomic E-state index is 0. The molecule has 1 aromatic rings. The second-order valence-corrected chi connectivity index (χ2v) is 1.75. The van der Waals surface area contributed by atoms with Crippen LogP contribution in [0.1, 0.15) is 6.92 Å². The fraction of sp³-hybridized carbons (Fsp3) is 0.250. The molecule has 1 nitrogen and oxygen atoms in total. The predicted molar refractivity (Wildman–Crippen MR) is 52.1 cm³/mol. The Hall–Kier alpha value is 0.236. The molecule has 1 aromatic carbocycles. The molecule has 1 rings (SSSR count). The van der Waals surface area contributed by atoms with Gasteiger partial charge >= 0.3 is 0 Å². The van der Waals surface area contributed by atoms with Crippen LogP contribution in [0.25, 0.3) is 0 Å². The van der Waals surface area contributed by atoms with E-state index in [9.17, 15) is 0 Å². The van der Waals surface area contributed by atoms with Crippen LogP contribution in [-0.4, -0.2) is 6.61 Å². The first-order valence-corrected chi connectivity index (χ1v) is 3.11. The van der Waals surface area contributed by atoms with E-state index in [0.29, 0.717) is 0 Å². The molecule has 4 heteroatoms. The summed E-state index contributed by atoms with van der Waals surface area (Å²) in [6.45, 7) is 2.72. The van der Waals surface area contributed by atoms with Gasteiger partial charge in [0.05, 0.1) is 6.61 Å². The third-order valence-electron chi connectivity index (χ3n) is 1.05. The third kappa shape index (κ3) is 6.92. The van der Waals surface area contributed by atoms with Crippen LogP contribution in [0.5, 0.6) is 5.75 Å². The van der Waals surface area contributed by atoms with Crippen molar-refractivity contribution in [3.05, 3.63) is 30.3 Å². The Labute approximate surface area is 98.8 Å². The molecule has 0 spiro atoms. The topological polar surface area (TPSA) is 9.23 Å². The predicted octanol–water partition coefficient (Wildman–Crippen LogP) is 2.93. The van der Waals surface area contributed by atoms with E-state index < -0.39 is 0 Å². The van der Waals surface area contributed by atoms with Gasteiger partial charge in [-0.1, -0.05) is 18.2 Å². The van der Waals surface area contributed by atoms with Gasteiger partial charge in [0.1, 0.15) is 5.75 Å². The first kappa shape index (κ1) is 18.1. The van der Waals surface area contributed by atoms with Gasteiger partial charge in [-0.2, -0.15) is 0 Å². The Morgan fingerprint density at radius 3 is 2.00 bits per heavy atom.